The first-order valence-corrected chi connectivity index (χ1v) is 11.8. The fourth-order valence-corrected chi connectivity index (χ4v) is 3.65. The van der Waals surface area contributed by atoms with E-state index >= 15 is 0 Å². The highest BCUT2D eigenvalue weighted by Crippen LogP contribution is 2.19. The molecule has 1 heterocycles. The second-order valence-corrected chi connectivity index (χ2v) is 7.79. The fourth-order valence-electron chi connectivity index (χ4n) is 3.65. The highest BCUT2D eigenvalue weighted by atomic mass is 16.1. The summed E-state index contributed by atoms with van der Waals surface area (Å²) in [6.45, 7) is 5.62. The lowest BCUT2D eigenvalue weighted by Gasteiger charge is -2.18. The van der Waals surface area contributed by atoms with Gasteiger partial charge in [0, 0.05) is 38.4 Å². The van der Waals surface area contributed by atoms with Crippen LogP contribution in [0.5, 0.6) is 0 Å². The third-order valence-electron chi connectivity index (χ3n) is 5.43. The van der Waals surface area contributed by atoms with Crippen LogP contribution in [-0.4, -0.2) is 50.2 Å². The zero-order chi connectivity index (χ0) is 24.2. The number of Topliss-reactive ketones (excluding diaryl/α,β-unsaturated/α-hetero) is 2. The van der Waals surface area contributed by atoms with E-state index < -0.39 is 0 Å². The third-order valence-corrected chi connectivity index (χ3v) is 5.43. The van der Waals surface area contributed by atoms with Gasteiger partial charge in [-0.3, -0.25) is 19.6 Å². The van der Waals surface area contributed by atoms with Crippen molar-refractivity contribution in [2.24, 2.45) is 9.98 Å². The fraction of sp³-hybridized carbons (Fsp3) is 0.286. The van der Waals surface area contributed by atoms with E-state index in [4.69, 9.17) is 0 Å². The first-order valence-electron chi connectivity index (χ1n) is 11.8. The molecule has 6 heteroatoms. The second-order valence-electron chi connectivity index (χ2n) is 7.79. The number of carbonyl (C=O) groups is 2. The van der Waals surface area contributed by atoms with Crippen LogP contribution in [0.1, 0.15) is 37.8 Å². The van der Waals surface area contributed by atoms with Crippen LogP contribution < -0.4 is 10.6 Å². The average molecular weight is 457 g/mol. The largest absolute Gasteiger partial charge is 0.382 e. The molecule has 0 bridgehead atoms. The Labute approximate surface area is 201 Å². The van der Waals surface area contributed by atoms with Crippen molar-refractivity contribution >= 4 is 35.4 Å². The molecule has 0 unspecified atom stereocenters. The highest BCUT2D eigenvalue weighted by Gasteiger charge is 2.16. The molecule has 34 heavy (non-hydrogen) atoms. The van der Waals surface area contributed by atoms with Gasteiger partial charge in [0.2, 0.25) is 0 Å². The van der Waals surface area contributed by atoms with Gasteiger partial charge in [0.1, 0.15) is 0 Å². The summed E-state index contributed by atoms with van der Waals surface area (Å²) in [6, 6.07) is 19.6. The van der Waals surface area contributed by atoms with Crippen molar-refractivity contribution in [3.05, 3.63) is 82.9 Å². The molecule has 0 fully saturated rings. The number of rotatable bonds is 6. The normalized spacial score (nSPS) is 19.6. The maximum atomic E-state index is 12.8. The molecule has 0 aliphatic carbocycles. The molecule has 0 spiro atoms. The number of aliphatic imine (C=N–C) groups is 2. The van der Waals surface area contributed by atoms with E-state index in [1.54, 1.807) is 12.4 Å². The Bertz CT molecular complexity index is 1010. The summed E-state index contributed by atoms with van der Waals surface area (Å²) in [4.78, 5) is 34.6. The summed E-state index contributed by atoms with van der Waals surface area (Å²) >= 11 is 0. The number of allylic oxidation sites excluding steroid dienone is 2. The predicted octanol–water partition coefficient (Wildman–Crippen LogP) is 4.10. The minimum absolute atomic E-state index is 0.0272. The molecular formula is C28H32N4O2. The molecule has 3 rings (SSSR count). The molecule has 176 valence electrons. The van der Waals surface area contributed by atoms with E-state index in [0.717, 1.165) is 22.5 Å². The number of hydrogen-bond acceptors (Lipinski definition) is 6. The number of nitrogens with one attached hydrogen (secondary N) is 2. The van der Waals surface area contributed by atoms with Crippen LogP contribution in [0.2, 0.25) is 0 Å². The third kappa shape index (κ3) is 6.61. The highest BCUT2D eigenvalue weighted by molar-refractivity contribution is 6.19. The molecular weight excluding hydrogens is 424 g/mol. The van der Waals surface area contributed by atoms with Gasteiger partial charge in [-0.15, -0.1) is 0 Å². The van der Waals surface area contributed by atoms with Crippen molar-refractivity contribution in [1.29, 1.82) is 0 Å². The number of nitrogens with zero attached hydrogens (tertiary/aromatic N) is 2. The van der Waals surface area contributed by atoms with Crippen LogP contribution in [0.3, 0.4) is 0 Å². The zero-order valence-electron chi connectivity index (χ0n) is 19.9. The smallest absolute Gasteiger partial charge is 0.166 e. The average Bonchev–Trinajstić information content (AvgIpc) is 2.89. The van der Waals surface area contributed by atoms with E-state index in [1.165, 1.54) is 0 Å². The summed E-state index contributed by atoms with van der Waals surface area (Å²) in [5.41, 5.74) is 4.50. The van der Waals surface area contributed by atoms with Crippen molar-refractivity contribution < 1.29 is 9.59 Å². The molecule has 6 nitrogen and oxygen atoms in total. The van der Waals surface area contributed by atoms with Crippen molar-refractivity contribution in [3.63, 3.8) is 0 Å². The molecule has 0 atom stereocenters. The molecule has 0 aromatic heterocycles. The summed E-state index contributed by atoms with van der Waals surface area (Å²) in [7, 11) is 0. The van der Waals surface area contributed by atoms with Crippen LogP contribution in [0, 0.1) is 0 Å². The summed E-state index contributed by atoms with van der Waals surface area (Å²) in [5, 5.41) is 6.90. The van der Waals surface area contributed by atoms with Gasteiger partial charge in [-0.25, -0.2) is 0 Å². The molecule has 0 saturated heterocycles. The maximum absolute atomic E-state index is 12.8. The van der Waals surface area contributed by atoms with Crippen LogP contribution >= 0.6 is 0 Å². The topological polar surface area (TPSA) is 82.9 Å². The van der Waals surface area contributed by atoms with Crippen molar-refractivity contribution in [1.82, 2.24) is 10.6 Å². The number of ketones is 2. The van der Waals surface area contributed by atoms with E-state index in [0.29, 0.717) is 50.2 Å². The Morgan fingerprint density at radius 1 is 0.676 bits per heavy atom. The van der Waals surface area contributed by atoms with Crippen molar-refractivity contribution in [3.8, 4) is 0 Å². The Morgan fingerprint density at radius 2 is 1.06 bits per heavy atom. The lowest BCUT2D eigenvalue weighted by Crippen LogP contribution is -2.29. The van der Waals surface area contributed by atoms with Crippen molar-refractivity contribution in [2.45, 2.75) is 26.7 Å². The van der Waals surface area contributed by atoms with Gasteiger partial charge in [0.15, 0.2) is 11.6 Å². The van der Waals surface area contributed by atoms with Crippen LogP contribution in [0.4, 0.5) is 0 Å². The number of benzene rings is 2. The van der Waals surface area contributed by atoms with Crippen LogP contribution in [0.25, 0.3) is 11.4 Å². The molecule has 2 N–H and O–H groups in total. The minimum atomic E-state index is 0.0272. The maximum Gasteiger partial charge on any atom is 0.166 e. The van der Waals surface area contributed by atoms with Crippen molar-refractivity contribution in [2.75, 3.05) is 26.2 Å². The monoisotopic (exact) mass is 456 g/mol. The van der Waals surface area contributed by atoms with E-state index in [-0.39, 0.29) is 11.6 Å². The Morgan fingerprint density at radius 3 is 1.41 bits per heavy atom. The SMILES string of the molecule is CCC(=O)/C1=C(\c2ccccc2)NCCN/C(c2ccccc2)=C(/C(=O)CC)C=NCCN=C1. The zero-order valence-corrected chi connectivity index (χ0v) is 19.9. The lowest BCUT2D eigenvalue weighted by atomic mass is 10.0. The Kier molecular flexibility index (Phi) is 9.52. The lowest BCUT2D eigenvalue weighted by molar-refractivity contribution is -0.115. The minimum Gasteiger partial charge on any atom is -0.382 e. The second kappa shape index (κ2) is 13.0. The summed E-state index contributed by atoms with van der Waals surface area (Å²) in [5.74, 6) is 0.0544. The van der Waals surface area contributed by atoms with Gasteiger partial charge >= 0.3 is 0 Å². The molecule has 1 aliphatic heterocycles. The molecule has 2 aromatic rings. The van der Waals surface area contributed by atoms with Crippen LogP contribution in [-0.2, 0) is 9.59 Å². The molecule has 1 aliphatic rings. The molecule has 0 amide bonds. The van der Waals surface area contributed by atoms with E-state index in [1.807, 2.05) is 74.5 Å². The first kappa shape index (κ1) is 24.8. The van der Waals surface area contributed by atoms with Gasteiger partial charge in [0.05, 0.1) is 35.6 Å². The summed E-state index contributed by atoms with van der Waals surface area (Å²) in [6.07, 6.45) is 4.08. The molecule has 0 radical (unpaired) electrons. The number of hydrogen-bond donors (Lipinski definition) is 2. The van der Waals surface area contributed by atoms with Crippen LogP contribution in [0.15, 0.2) is 81.8 Å². The molecule has 2 aromatic carbocycles. The first-order chi connectivity index (χ1) is 16.7. The van der Waals surface area contributed by atoms with Gasteiger partial charge in [-0.1, -0.05) is 74.5 Å². The van der Waals surface area contributed by atoms with E-state index in [9.17, 15) is 9.59 Å². The standard InChI is InChI=1S/C28H32N4O2/c1-3-25(33)23-19-29-15-16-30-20-24(26(34)4-2)28(22-13-9-6-10-14-22)32-18-17-31-27(23)21-11-7-5-8-12-21/h5-14,19-20,31-32H,3-4,15-18H2,1-2H3/b27-23+,28-24+,29-19?,30-20?. The predicted molar refractivity (Wildman–Crippen MR) is 140 cm³/mol. The van der Waals surface area contributed by atoms with Gasteiger partial charge in [-0.05, 0) is 11.1 Å². The Hall–Kier alpha value is -3.80. The van der Waals surface area contributed by atoms with E-state index in [2.05, 4.69) is 20.6 Å². The number of carbonyl (C=O) groups excluding carboxylic acids is 2. The quantitative estimate of drug-likeness (QED) is 0.686. The van der Waals surface area contributed by atoms with Gasteiger partial charge < -0.3 is 10.6 Å². The van der Waals surface area contributed by atoms with Gasteiger partial charge in [0.25, 0.3) is 0 Å². The molecule has 0 saturated carbocycles. The Balaban J connectivity index is 2.01. The van der Waals surface area contributed by atoms with Gasteiger partial charge in [-0.2, -0.15) is 0 Å². The summed E-state index contributed by atoms with van der Waals surface area (Å²) < 4.78 is 0.